The molecule has 3 amide bonds. The van der Waals surface area contributed by atoms with E-state index in [2.05, 4.69) is 15.4 Å². The first-order valence-electron chi connectivity index (χ1n) is 10.3. The standard InChI is InChI=1S/C20H22Cl2N6O3/c21-15-3-12(4-16(22)5-15)11-31-20(30)28-8-13-6-27(7-14(13)9-28)19(29)26-2-1-17-18(10-26)24-25-23-17/h3-5,13-14H,1-2,6-11H2,(H,23,24,25)/t13-,14-/m0/s1. The molecule has 4 heterocycles. The van der Waals surface area contributed by atoms with Crippen LogP contribution in [0, 0.1) is 11.8 Å². The van der Waals surface area contributed by atoms with Gasteiger partial charge >= 0.3 is 12.1 Å². The molecular weight excluding hydrogens is 443 g/mol. The summed E-state index contributed by atoms with van der Waals surface area (Å²) in [5.41, 5.74) is 2.60. The first-order valence-corrected chi connectivity index (χ1v) is 11.0. The smallest absolute Gasteiger partial charge is 0.410 e. The molecule has 0 aliphatic carbocycles. The summed E-state index contributed by atoms with van der Waals surface area (Å²) in [4.78, 5) is 30.9. The number of nitrogens with one attached hydrogen (secondary N) is 1. The van der Waals surface area contributed by atoms with Crippen LogP contribution < -0.4 is 0 Å². The van der Waals surface area contributed by atoms with Gasteiger partial charge in [-0.3, -0.25) is 5.10 Å². The highest BCUT2D eigenvalue weighted by Gasteiger charge is 2.44. The molecule has 11 heteroatoms. The number of hydrogen-bond acceptors (Lipinski definition) is 5. The number of nitrogens with zero attached hydrogens (tertiary/aromatic N) is 5. The van der Waals surface area contributed by atoms with Crippen LogP contribution >= 0.6 is 23.2 Å². The molecule has 2 atom stereocenters. The predicted octanol–water partition coefficient (Wildman–Crippen LogP) is 2.79. The molecule has 1 N–H and O–H groups in total. The molecule has 0 radical (unpaired) electrons. The number of H-pyrrole nitrogens is 1. The molecule has 9 nitrogen and oxygen atoms in total. The number of likely N-dealkylation sites (tertiary alicyclic amines) is 2. The lowest BCUT2D eigenvalue weighted by Gasteiger charge is -2.31. The van der Waals surface area contributed by atoms with Crippen molar-refractivity contribution in [1.29, 1.82) is 0 Å². The van der Waals surface area contributed by atoms with Gasteiger partial charge in [0.15, 0.2) is 0 Å². The molecule has 164 valence electrons. The number of rotatable bonds is 2. The third kappa shape index (κ3) is 4.16. The Hall–Kier alpha value is -2.52. The summed E-state index contributed by atoms with van der Waals surface area (Å²) >= 11 is 12.0. The van der Waals surface area contributed by atoms with Crippen molar-refractivity contribution in [2.24, 2.45) is 11.8 Å². The van der Waals surface area contributed by atoms with E-state index in [1.807, 2.05) is 9.80 Å². The number of halogens is 2. The molecule has 0 saturated carbocycles. The predicted molar refractivity (Wildman–Crippen MR) is 113 cm³/mol. The second-order valence-electron chi connectivity index (χ2n) is 8.35. The van der Waals surface area contributed by atoms with Crippen molar-refractivity contribution >= 4 is 35.3 Å². The monoisotopic (exact) mass is 464 g/mol. The minimum atomic E-state index is -0.349. The number of aromatic nitrogens is 3. The van der Waals surface area contributed by atoms with Crippen LogP contribution in [-0.2, 0) is 24.3 Å². The summed E-state index contributed by atoms with van der Waals surface area (Å²) in [6, 6.07) is 5.13. The number of benzene rings is 1. The van der Waals surface area contributed by atoms with Crippen LogP contribution in [0.5, 0.6) is 0 Å². The van der Waals surface area contributed by atoms with Gasteiger partial charge in [0.25, 0.3) is 0 Å². The number of aromatic amines is 1. The van der Waals surface area contributed by atoms with Gasteiger partial charge < -0.3 is 19.4 Å². The van der Waals surface area contributed by atoms with Crippen LogP contribution in [0.1, 0.15) is 17.0 Å². The van der Waals surface area contributed by atoms with E-state index in [-0.39, 0.29) is 30.6 Å². The zero-order valence-electron chi connectivity index (χ0n) is 16.8. The zero-order chi connectivity index (χ0) is 21.5. The van der Waals surface area contributed by atoms with Gasteiger partial charge in [-0.05, 0) is 23.8 Å². The number of hydrogen-bond donors (Lipinski definition) is 1. The van der Waals surface area contributed by atoms with E-state index in [9.17, 15) is 9.59 Å². The van der Waals surface area contributed by atoms with Crippen molar-refractivity contribution < 1.29 is 14.3 Å². The molecule has 2 aromatic rings. The molecule has 31 heavy (non-hydrogen) atoms. The summed E-state index contributed by atoms with van der Waals surface area (Å²) in [5.74, 6) is 0.536. The quantitative estimate of drug-likeness (QED) is 0.736. The van der Waals surface area contributed by atoms with Gasteiger partial charge in [-0.25, -0.2) is 9.59 Å². The Morgan fingerprint density at radius 2 is 1.71 bits per heavy atom. The SMILES string of the molecule is O=C(OCc1cc(Cl)cc(Cl)c1)N1C[C@@H]2CN(C(=O)N3CCc4[nH]nnc4C3)C[C@H]2C1. The second-order valence-corrected chi connectivity index (χ2v) is 9.23. The van der Waals surface area contributed by atoms with E-state index in [0.717, 1.165) is 23.4 Å². The van der Waals surface area contributed by atoms with E-state index < -0.39 is 0 Å². The molecule has 2 fully saturated rings. The number of amides is 3. The molecule has 3 aliphatic rings. The van der Waals surface area contributed by atoms with Crippen molar-refractivity contribution in [3.63, 3.8) is 0 Å². The van der Waals surface area contributed by atoms with Gasteiger partial charge in [0.1, 0.15) is 12.3 Å². The van der Waals surface area contributed by atoms with Crippen molar-refractivity contribution in [2.75, 3.05) is 32.7 Å². The van der Waals surface area contributed by atoms with Gasteiger partial charge in [0.05, 0.1) is 12.2 Å². The van der Waals surface area contributed by atoms with Gasteiger partial charge in [-0.1, -0.05) is 28.4 Å². The number of carbonyl (C=O) groups is 2. The molecule has 2 saturated heterocycles. The third-order valence-corrected chi connectivity index (χ3v) is 6.68. The Bertz CT molecular complexity index is 980. The zero-order valence-corrected chi connectivity index (χ0v) is 18.3. The Kier molecular flexibility index (Phi) is 5.39. The average Bonchev–Trinajstić information content (AvgIpc) is 3.44. The first-order chi connectivity index (χ1) is 15.0. The molecule has 0 unspecified atom stereocenters. The van der Waals surface area contributed by atoms with E-state index in [1.165, 1.54) is 0 Å². The van der Waals surface area contributed by atoms with E-state index in [4.69, 9.17) is 27.9 Å². The van der Waals surface area contributed by atoms with Gasteiger partial charge in [-0.2, -0.15) is 0 Å². The van der Waals surface area contributed by atoms with Crippen molar-refractivity contribution in [2.45, 2.75) is 19.6 Å². The van der Waals surface area contributed by atoms with Crippen LogP contribution in [0.2, 0.25) is 10.0 Å². The summed E-state index contributed by atoms with van der Waals surface area (Å²) in [6.45, 7) is 3.76. The van der Waals surface area contributed by atoms with Gasteiger partial charge in [-0.15, -0.1) is 5.10 Å². The number of fused-ring (bicyclic) bond motifs is 2. The molecule has 3 aliphatic heterocycles. The fourth-order valence-corrected chi connectivity index (χ4v) is 5.27. The lowest BCUT2D eigenvalue weighted by molar-refractivity contribution is 0.0995. The maximum Gasteiger partial charge on any atom is 0.410 e. The first kappa shape index (κ1) is 20.4. The normalized spacial score (nSPS) is 22.5. The highest BCUT2D eigenvalue weighted by Crippen LogP contribution is 2.32. The highest BCUT2D eigenvalue weighted by molar-refractivity contribution is 6.34. The van der Waals surface area contributed by atoms with E-state index >= 15 is 0 Å². The summed E-state index contributed by atoms with van der Waals surface area (Å²) in [5, 5.41) is 11.8. The minimum Gasteiger partial charge on any atom is -0.445 e. The summed E-state index contributed by atoms with van der Waals surface area (Å²) < 4.78 is 5.45. The Morgan fingerprint density at radius 3 is 2.42 bits per heavy atom. The maximum atomic E-state index is 13.0. The van der Waals surface area contributed by atoms with Gasteiger partial charge in [0.2, 0.25) is 0 Å². The summed E-state index contributed by atoms with van der Waals surface area (Å²) in [6.07, 6.45) is 0.393. The number of ether oxygens (including phenoxy) is 1. The molecular formula is C20H22Cl2N6O3. The van der Waals surface area contributed by atoms with Crippen LogP contribution in [0.25, 0.3) is 0 Å². The Labute approximate surface area is 189 Å². The lowest BCUT2D eigenvalue weighted by atomic mass is 10.0. The van der Waals surface area contributed by atoms with Crippen molar-refractivity contribution in [1.82, 2.24) is 30.1 Å². The fourth-order valence-electron chi connectivity index (χ4n) is 4.70. The van der Waals surface area contributed by atoms with E-state index in [1.54, 1.807) is 23.1 Å². The van der Waals surface area contributed by atoms with E-state index in [0.29, 0.717) is 49.3 Å². The molecule has 0 spiro atoms. The maximum absolute atomic E-state index is 13.0. The number of carbonyl (C=O) groups excluding carboxylic acids is 2. The third-order valence-electron chi connectivity index (χ3n) is 6.25. The van der Waals surface area contributed by atoms with Crippen molar-refractivity contribution in [3.8, 4) is 0 Å². The Morgan fingerprint density at radius 1 is 1.03 bits per heavy atom. The van der Waals surface area contributed by atoms with Gasteiger partial charge in [0, 0.05) is 61.0 Å². The number of urea groups is 1. The van der Waals surface area contributed by atoms with Crippen LogP contribution in [0.15, 0.2) is 18.2 Å². The Balaban J connectivity index is 1.12. The molecule has 0 bridgehead atoms. The highest BCUT2D eigenvalue weighted by atomic mass is 35.5. The van der Waals surface area contributed by atoms with Crippen LogP contribution in [-0.4, -0.2) is 75.0 Å². The lowest BCUT2D eigenvalue weighted by Crippen LogP contribution is -2.45. The van der Waals surface area contributed by atoms with Crippen LogP contribution in [0.3, 0.4) is 0 Å². The van der Waals surface area contributed by atoms with Crippen molar-refractivity contribution in [3.05, 3.63) is 45.2 Å². The fraction of sp³-hybridized carbons (Fsp3) is 0.500. The van der Waals surface area contributed by atoms with Crippen LogP contribution in [0.4, 0.5) is 9.59 Å². The molecule has 5 rings (SSSR count). The molecule has 1 aromatic heterocycles. The summed E-state index contributed by atoms with van der Waals surface area (Å²) in [7, 11) is 0. The second kappa shape index (κ2) is 8.20. The molecule has 1 aromatic carbocycles. The largest absolute Gasteiger partial charge is 0.445 e. The minimum absolute atomic E-state index is 0.0370. The average molecular weight is 465 g/mol. The topological polar surface area (TPSA) is 94.7 Å².